The number of carbonyl (C=O) groups is 2. The van der Waals surface area contributed by atoms with Gasteiger partial charge in [0.25, 0.3) is 0 Å². The van der Waals surface area contributed by atoms with Crippen LogP contribution in [0.3, 0.4) is 0 Å². The number of ether oxygens (including phenoxy) is 1. The van der Waals surface area contributed by atoms with Crippen molar-refractivity contribution in [3.8, 4) is 11.5 Å². The van der Waals surface area contributed by atoms with Crippen LogP contribution in [0.5, 0.6) is 11.5 Å². The minimum Gasteiger partial charge on any atom is -0.507 e. The first-order valence-corrected chi connectivity index (χ1v) is 9.21. The van der Waals surface area contributed by atoms with E-state index in [1.54, 1.807) is 24.3 Å². The maximum atomic E-state index is 12.6. The van der Waals surface area contributed by atoms with Crippen molar-refractivity contribution in [3.05, 3.63) is 58.9 Å². The van der Waals surface area contributed by atoms with Crippen LogP contribution in [-0.4, -0.2) is 33.1 Å². The fourth-order valence-corrected chi connectivity index (χ4v) is 3.74. The highest BCUT2D eigenvalue weighted by Gasteiger charge is 2.28. The van der Waals surface area contributed by atoms with Gasteiger partial charge in [0.1, 0.15) is 17.1 Å². The number of rotatable bonds is 5. The fourth-order valence-electron chi connectivity index (χ4n) is 3.74. The summed E-state index contributed by atoms with van der Waals surface area (Å²) in [5, 5.41) is 21.3. The molecule has 1 aliphatic carbocycles. The first-order chi connectivity index (χ1) is 13.4. The zero-order valence-corrected chi connectivity index (χ0v) is 15.7. The largest absolute Gasteiger partial charge is 0.507 e. The van der Waals surface area contributed by atoms with E-state index in [9.17, 15) is 19.8 Å². The second-order valence-electron chi connectivity index (χ2n) is 7.22. The molecule has 0 amide bonds. The molecule has 1 heterocycles. The van der Waals surface area contributed by atoms with Gasteiger partial charge in [-0.15, -0.1) is 0 Å². The Morgan fingerprint density at radius 2 is 1.75 bits per heavy atom. The lowest BCUT2D eigenvalue weighted by Crippen LogP contribution is -2.15. The molecule has 1 aromatic heterocycles. The predicted octanol–water partition coefficient (Wildman–Crippen LogP) is 4.04. The van der Waals surface area contributed by atoms with Crippen LogP contribution >= 0.6 is 0 Å². The Balaban J connectivity index is 1.54. The molecular weight excluding hydrogens is 358 g/mol. The Kier molecular flexibility index (Phi) is 4.34. The summed E-state index contributed by atoms with van der Waals surface area (Å²) in [4.78, 5) is 25.0. The number of benzene rings is 2. The van der Waals surface area contributed by atoms with E-state index in [4.69, 9.17) is 4.74 Å². The molecule has 4 rings (SSSR count). The monoisotopic (exact) mass is 379 g/mol. The van der Waals surface area contributed by atoms with E-state index in [-0.39, 0.29) is 22.8 Å². The molecule has 6 nitrogen and oxygen atoms in total. The number of hydrogen-bond acceptors (Lipinski definition) is 5. The van der Waals surface area contributed by atoms with Gasteiger partial charge in [0.15, 0.2) is 6.61 Å². The Labute approximate surface area is 162 Å². The van der Waals surface area contributed by atoms with Crippen LogP contribution < -0.4 is 0 Å². The number of aryl methyl sites for hydroxylation is 1. The lowest BCUT2D eigenvalue weighted by atomic mass is 10.0. The lowest BCUT2D eigenvalue weighted by Gasteiger charge is -2.10. The summed E-state index contributed by atoms with van der Waals surface area (Å²) >= 11 is 0. The first kappa shape index (κ1) is 18.1. The number of aromatic nitrogens is 1. The number of fused-ring (bicyclic) bond motifs is 1. The topological polar surface area (TPSA) is 88.8 Å². The van der Waals surface area contributed by atoms with Crippen molar-refractivity contribution in [2.45, 2.75) is 32.7 Å². The SMILES string of the molecule is Cc1cc(C(=O)COC(=O)c2cc(O)c3ccccc3c2O)c(C)n1C1CC1. The van der Waals surface area contributed by atoms with E-state index >= 15 is 0 Å². The van der Waals surface area contributed by atoms with Crippen LogP contribution in [0.25, 0.3) is 10.8 Å². The summed E-state index contributed by atoms with van der Waals surface area (Å²) in [7, 11) is 0. The molecule has 6 heteroatoms. The number of nitrogens with zero attached hydrogens (tertiary/aromatic N) is 1. The van der Waals surface area contributed by atoms with Crippen molar-refractivity contribution in [2.24, 2.45) is 0 Å². The van der Waals surface area contributed by atoms with E-state index in [1.165, 1.54) is 0 Å². The van der Waals surface area contributed by atoms with Crippen LogP contribution in [0.2, 0.25) is 0 Å². The van der Waals surface area contributed by atoms with Gasteiger partial charge in [0.2, 0.25) is 5.78 Å². The molecule has 0 radical (unpaired) electrons. The fraction of sp³-hybridized carbons (Fsp3) is 0.273. The van der Waals surface area contributed by atoms with Crippen molar-refractivity contribution in [1.82, 2.24) is 4.57 Å². The van der Waals surface area contributed by atoms with Crippen molar-refractivity contribution < 1.29 is 24.5 Å². The van der Waals surface area contributed by atoms with Crippen LogP contribution in [0.15, 0.2) is 36.4 Å². The maximum absolute atomic E-state index is 12.6. The quantitative estimate of drug-likeness (QED) is 0.397. The molecular formula is C22H21NO5. The molecule has 0 aliphatic heterocycles. The summed E-state index contributed by atoms with van der Waals surface area (Å²) < 4.78 is 7.30. The summed E-state index contributed by atoms with van der Waals surface area (Å²) in [5.41, 5.74) is 2.27. The first-order valence-electron chi connectivity index (χ1n) is 9.21. The van der Waals surface area contributed by atoms with E-state index in [0.717, 1.165) is 30.3 Å². The zero-order valence-electron chi connectivity index (χ0n) is 15.7. The van der Waals surface area contributed by atoms with Gasteiger partial charge >= 0.3 is 5.97 Å². The Hall–Kier alpha value is -3.28. The van der Waals surface area contributed by atoms with E-state index in [2.05, 4.69) is 4.57 Å². The second kappa shape index (κ2) is 6.71. The molecule has 1 aliphatic rings. The minimum atomic E-state index is -0.858. The third-order valence-corrected chi connectivity index (χ3v) is 5.25. The molecule has 0 atom stereocenters. The highest BCUT2D eigenvalue weighted by Crippen LogP contribution is 2.38. The Morgan fingerprint density at radius 3 is 2.43 bits per heavy atom. The lowest BCUT2D eigenvalue weighted by molar-refractivity contribution is 0.0471. The van der Waals surface area contributed by atoms with Crippen LogP contribution in [-0.2, 0) is 4.74 Å². The average molecular weight is 379 g/mol. The molecule has 2 N–H and O–H groups in total. The molecule has 1 saturated carbocycles. The van der Waals surface area contributed by atoms with Gasteiger partial charge in [-0.1, -0.05) is 24.3 Å². The Morgan fingerprint density at radius 1 is 1.07 bits per heavy atom. The summed E-state index contributed by atoms with van der Waals surface area (Å²) in [6.07, 6.45) is 2.23. The molecule has 144 valence electrons. The van der Waals surface area contributed by atoms with Gasteiger partial charge in [-0.3, -0.25) is 4.79 Å². The molecule has 0 unspecified atom stereocenters. The second-order valence-corrected chi connectivity index (χ2v) is 7.22. The van der Waals surface area contributed by atoms with Crippen LogP contribution in [0.1, 0.15) is 51.0 Å². The van der Waals surface area contributed by atoms with Gasteiger partial charge in [0, 0.05) is 33.8 Å². The van der Waals surface area contributed by atoms with E-state index in [0.29, 0.717) is 22.4 Å². The summed E-state index contributed by atoms with van der Waals surface area (Å²) in [5.74, 6) is -1.57. The average Bonchev–Trinajstić information content (AvgIpc) is 3.47. The molecule has 0 bridgehead atoms. The summed E-state index contributed by atoms with van der Waals surface area (Å²) in [6, 6.07) is 10.1. The molecule has 2 aromatic carbocycles. The number of aromatic hydroxyl groups is 2. The van der Waals surface area contributed by atoms with Gasteiger partial charge in [0.05, 0.1) is 0 Å². The molecule has 1 fully saturated rings. The number of phenolic OH excluding ortho intramolecular Hbond substituents is 2. The van der Waals surface area contributed by atoms with Crippen molar-refractivity contribution in [1.29, 1.82) is 0 Å². The molecule has 28 heavy (non-hydrogen) atoms. The molecule has 0 spiro atoms. The highest BCUT2D eigenvalue weighted by atomic mass is 16.5. The number of esters is 1. The smallest absolute Gasteiger partial charge is 0.342 e. The van der Waals surface area contributed by atoms with Crippen molar-refractivity contribution >= 4 is 22.5 Å². The van der Waals surface area contributed by atoms with Gasteiger partial charge < -0.3 is 19.5 Å². The van der Waals surface area contributed by atoms with E-state index in [1.807, 2.05) is 19.9 Å². The van der Waals surface area contributed by atoms with Crippen molar-refractivity contribution in [2.75, 3.05) is 6.61 Å². The van der Waals surface area contributed by atoms with Crippen molar-refractivity contribution in [3.63, 3.8) is 0 Å². The van der Waals surface area contributed by atoms with Crippen LogP contribution in [0.4, 0.5) is 0 Å². The normalized spacial score (nSPS) is 13.6. The minimum absolute atomic E-state index is 0.139. The van der Waals surface area contributed by atoms with Gasteiger partial charge in [-0.2, -0.15) is 0 Å². The van der Waals surface area contributed by atoms with Gasteiger partial charge in [-0.25, -0.2) is 4.79 Å². The Bertz CT molecular complexity index is 1110. The number of Topliss-reactive ketones (excluding diaryl/α,β-unsaturated/α-hetero) is 1. The number of ketones is 1. The number of carbonyl (C=O) groups excluding carboxylic acids is 2. The van der Waals surface area contributed by atoms with E-state index < -0.39 is 12.6 Å². The summed E-state index contributed by atoms with van der Waals surface area (Å²) in [6.45, 7) is 3.43. The van der Waals surface area contributed by atoms with Crippen LogP contribution in [0, 0.1) is 13.8 Å². The van der Waals surface area contributed by atoms with Gasteiger partial charge in [-0.05, 0) is 38.8 Å². The molecule has 0 saturated heterocycles. The third-order valence-electron chi connectivity index (χ3n) is 5.25. The standard InChI is InChI=1S/C22H21NO5/c1-12-9-17(13(2)23(12)14-7-8-14)20(25)11-28-22(27)18-10-19(24)15-5-3-4-6-16(15)21(18)26/h3-6,9-10,14,24,26H,7-8,11H2,1-2H3. The number of phenols is 2. The third kappa shape index (κ3) is 3.01. The maximum Gasteiger partial charge on any atom is 0.342 e. The zero-order chi connectivity index (χ0) is 20.0. The number of hydrogen-bond donors (Lipinski definition) is 2. The molecule has 3 aromatic rings. The predicted molar refractivity (Wildman–Crippen MR) is 104 cm³/mol. The highest BCUT2D eigenvalue weighted by molar-refractivity contribution is 6.05.